The minimum absolute atomic E-state index is 0.0453. The largest absolute Gasteiger partial charge is 0.454 e. The van der Waals surface area contributed by atoms with Gasteiger partial charge in [-0.1, -0.05) is 12.1 Å². The molecule has 0 radical (unpaired) electrons. The average molecular weight is 638 g/mol. The Morgan fingerprint density at radius 3 is 2.60 bits per heavy atom. The number of aliphatic hydroxyl groups is 2. The number of nitrogen functional groups attached to an aromatic ring is 1. The van der Waals surface area contributed by atoms with E-state index < -0.39 is 44.9 Å². The lowest BCUT2D eigenvalue weighted by molar-refractivity contribution is 0.0858. The SMILES string of the molecule is Cc1cc(Oc2ccccc2F)ccc1-n1ncc(C(=O)c2cc3cc(F)c(NS(=O)(=O)C4(CC(O)CO)CC4)cc3[nH]2)c1N. The van der Waals surface area contributed by atoms with E-state index in [1.165, 1.54) is 35.1 Å². The van der Waals surface area contributed by atoms with Crippen LogP contribution in [-0.2, 0) is 10.0 Å². The van der Waals surface area contributed by atoms with Gasteiger partial charge < -0.3 is 25.7 Å². The van der Waals surface area contributed by atoms with Gasteiger partial charge in [-0.05, 0) is 80.3 Å². The number of aliphatic hydroxyl groups excluding tert-OH is 2. The molecule has 5 aromatic rings. The zero-order valence-electron chi connectivity index (χ0n) is 23.9. The lowest BCUT2D eigenvalue weighted by atomic mass is 10.1. The maximum absolute atomic E-state index is 15.0. The number of nitrogens with zero attached hydrogens (tertiary/aromatic N) is 2. The van der Waals surface area contributed by atoms with Gasteiger partial charge in [-0.15, -0.1) is 0 Å². The van der Waals surface area contributed by atoms with Crippen molar-refractivity contribution in [1.82, 2.24) is 14.8 Å². The summed E-state index contributed by atoms with van der Waals surface area (Å²) in [7, 11) is -4.10. The molecule has 2 aromatic heterocycles. The summed E-state index contributed by atoms with van der Waals surface area (Å²) in [5.41, 5.74) is 7.71. The van der Waals surface area contributed by atoms with E-state index in [1.54, 1.807) is 37.3 Å². The van der Waals surface area contributed by atoms with Crippen molar-refractivity contribution in [2.45, 2.75) is 37.0 Å². The van der Waals surface area contributed by atoms with Crippen LogP contribution < -0.4 is 15.2 Å². The molecule has 0 bridgehead atoms. The maximum Gasteiger partial charge on any atom is 0.238 e. The highest BCUT2D eigenvalue weighted by Crippen LogP contribution is 2.48. The molecule has 11 nitrogen and oxygen atoms in total. The molecule has 6 rings (SSSR count). The van der Waals surface area contributed by atoms with E-state index in [0.29, 0.717) is 27.9 Å². The molecule has 45 heavy (non-hydrogen) atoms. The van der Waals surface area contributed by atoms with E-state index >= 15 is 4.39 Å². The number of ether oxygens (including phenoxy) is 1. The summed E-state index contributed by atoms with van der Waals surface area (Å²) in [6, 6.07) is 14.8. The number of aromatic amines is 1. The van der Waals surface area contributed by atoms with Gasteiger partial charge in [0.2, 0.25) is 15.8 Å². The smallest absolute Gasteiger partial charge is 0.238 e. The number of hydrogen-bond acceptors (Lipinski definition) is 8. The third-order valence-electron chi connectivity index (χ3n) is 7.91. The van der Waals surface area contributed by atoms with Gasteiger partial charge in [-0.3, -0.25) is 9.52 Å². The van der Waals surface area contributed by atoms with Crippen LogP contribution in [0.2, 0.25) is 0 Å². The lowest BCUT2D eigenvalue weighted by Crippen LogP contribution is -2.34. The van der Waals surface area contributed by atoms with Crippen molar-refractivity contribution in [2.24, 2.45) is 0 Å². The standard InChI is InChI=1S/C31H29F2N5O6S/c1-17-10-20(44-28-5-3-2-4-22(28)32)6-7-27(17)38-30(34)21(15-35-38)29(41)26-12-18-11-23(33)25(13-24(18)36-26)37-45(42,43)31(8-9-31)14-19(40)16-39/h2-7,10-13,15,19,36-37,39-40H,8-9,14,16,34H2,1H3. The number of rotatable bonds is 11. The number of para-hydroxylation sites is 1. The van der Waals surface area contributed by atoms with Crippen LogP contribution in [0.15, 0.2) is 66.9 Å². The summed E-state index contributed by atoms with van der Waals surface area (Å²) in [6.07, 6.45) is 0.454. The van der Waals surface area contributed by atoms with Crippen LogP contribution in [-0.4, -0.2) is 56.6 Å². The number of ketones is 1. The predicted molar refractivity (Wildman–Crippen MR) is 163 cm³/mol. The Hall–Kier alpha value is -4.79. The summed E-state index contributed by atoms with van der Waals surface area (Å²) in [5.74, 6) is -1.37. The summed E-state index contributed by atoms with van der Waals surface area (Å²) in [5, 5.41) is 23.5. The maximum atomic E-state index is 15.0. The van der Waals surface area contributed by atoms with Crippen molar-refractivity contribution in [3.8, 4) is 17.2 Å². The molecule has 1 unspecified atom stereocenters. The predicted octanol–water partition coefficient (Wildman–Crippen LogP) is 4.56. The minimum Gasteiger partial charge on any atom is -0.454 e. The number of carbonyl (C=O) groups is 1. The number of aryl methyl sites for hydroxylation is 1. The lowest BCUT2D eigenvalue weighted by Gasteiger charge is -2.20. The van der Waals surface area contributed by atoms with Gasteiger partial charge in [0.1, 0.15) is 17.4 Å². The third-order valence-corrected chi connectivity index (χ3v) is 10.1. The van der Waals surface area contributed by atoms with Crippen LogP contribution in [0.1, 0.15) is 40.9 Å². The molecule has 1 aliphatic carbocycles. The van der Waals surface area contributed by atoms with Crippen molar-refractivity contribution < 1.29 is 36.9 Å². The number of H-pyrrole nitrogens is 1. The van der Waals surface area contributed by atoms with Crippen molar-refractivity contribution in [3.63, 3.8) is 0 Å². The number of sulfonamides is 1. The molecule has 1 saturated carbocycles. The van der Waals surface area contributed by atoms with Gasteiger partial charge in [0.25, 0.3) is 0 Å². The highest BCUT2D eigenvalue weighted by atomic mass is 32.2. The normalized spacial score (nSPS) is 14.8. The van der Waals surface area contributed by atoms with Gasteiger partial charge in [-0.2, -0.15) is 5.10 Å². The van der Waals surface area contributed by atoms with Gasteiger partial charge in [0.05, 0.1) is 46.3 Å². The zero-order valence-corrected chi connectivity index (χ0v) is 24.7. The van der Waals surface area contributed by atoms with Crippen LogP contribution in [0.4, 0.5) is 20.3 Å². The molecule has 6 N–H and O–H groups in total. The van der Waals surface area contributed by atoms with Crippen molar-refractivity contribution in [2.75, 3.05) is 17.1 Å². The Labute approximate surface area is 256 Å². The molecular weight excluding hydrogens is 608 g/mol. The second-order valence-corrected chi connectivity index (χ2v) is 13.2. The highest BCUT2D eigenvalue weighted by molar-refractivity contribution is 7.94. The zero-order chi connectivity index (χ0) is 32.1. The Morgan fingerprint density at radius 2 is 1.91 bits per heavy atom. The van der Waals surface area contributed by atoms with Crippen LogP contribution in [0.25, 0.3) is 16.6 Å². The topological polar surface area (TPSA) is 173 Å². The number of aromatic nitrogens is 3. The number of carbonyl (C=O) groups excluding carboxylic acids is 1. The molecular formula is C31H29F2N5O6S. The van der Waals surface area contributed by atoms with E-state index in [0.717, 1.165) is 6.07 Å². The number of hydrogen-bond donors (Lipinski definition) is 5. The number of fused-ring (bicyclic) bond motifs is 1. The molecule has 0 aliphatic heterocycles. The third kappa shape index (κ3) is 5.63. The fraction of sp³-hybridized carbons (Fsp3) is 0.226. The second kappa shape index (κ2) is 11.3. The molecule has 1 atom stereocenters. The number of nitrogens with one attached hydrogen (secondary N) is 2. The minimum atomic E-state index is -4.10. The fourth-order valence-corrected chi connectivity index (χ4v) is 6.99. The molecule has 3 aromatic carbocycles. The second-order valence-electron chi connectivity index (χ2n) is 11.1. The van der Waals surface area contributed by atoms with E-state index in [9.17, 15) is 22.7 Å². The van der Waals surface area contributed by atoms with Crippen molar-refractivity contribution >= 4 is 38.2 Å². The molecule has 234 valence electrons. The number of nitrogens with two attached hydrogens (primary N) is 1. The summed E-state index contributed by atoms with van der Waals surface area (Å²) in [6.45, 7) is 1.20. The van der Waals surface area contributed by atoms with E-state index in [-0.39, 0.29) is 47.8 Å². The molecule has 0 spiro atoms. The first-order valence-electron chi connectivity index (χ1n) is 14.0. The number of benzene rings is 3. The molecule has 1 fully saturated rings. The Balaban J connectivity index is 1.23. The highest BCUT2D eigenvalue weighted by Gasteiger charge is 2.55. The summed E-state index contributed by atoms with van der Waals surface area (Å²) < 4.78 is 63.1. The molecule has 1 aliphatic rings. The van der Waals surface area contributed by atoms with Gasteiger partial charge >= 0.3 is 0 Å². The van der Waals surface area contributed by atoms with Crippen LogP contribution in [0.3, 0.4) is 0 Å². The first-order valence-corrected chi connectivity index (χ1v) is 15.4. The molecule has 14 heteroatoms. The van der Waals surface area contributed by atoms with Crippen LogP contribution in [0.5, 0.6) is 11.5 Å². The quantitative estimate of drug-likeness (QED) is 0.131. The fourth-order valence-electron chi connectivity index (χ4n) is 5.28. The van der Waals surface area contributed by atoms with Crippen molar-refractivity contribution in [1.29, 1.82) is 0 Å². The Morgan fingerprint density at radius 1 is 1.16 bits per heavy atom. The number of anilines is 2. The molecule has 0 saturated heterocycles. The van der Waals surface area contributed by atoms with Gasteiger partial charge in [0.15, 0.2) is 11.6 Å². The first kappa shape index (κ1) is 30.2. The average Bonchev–Trinajstić information content (AvgIpc) is 3.54. The van der Waals surface area contributed by atoms with E-state index in [2.05, 4.69) is 14.8 Å². The molecule has 0 amide bonds. The van der Waals surface area contributed by atoms with E-state index in [4.69, 9.17) is 15.6 Å². The summed E-state index contributed by atoms with van der Waals surface area (Å²) in [4.78, 5) is 16.4. The van der Waals surface area contributed by atoms with Gasteiger partial charge in [0, 0.05) is 10.9 Å². The Kier molecular flexibility index (Phi) is 7.59. The van der Waals surface area contributed by atoms with Crippen molar-refractivity contribution in [3.05, 3.63) is 95.3 Å². The van der Waals surface area contributed by atoms with Crippen LogP contribution in [0, 0.1) is 18.6 Å². The summed E-state index contributed by atoms with van der Waals surface area (Å²) >= 11 is 0. The first-order chi connectivity index (χ1) is 21.4. The van der Waals surface area contributed by atoms with Gasteiger partial charge in [-0.25, -0.2) is 21.9 Å². The molecule has 2 heterocycles. The Bertz CT molecular complexity index is 2050. The van der Waals surface area contributed by atoms with Crippen LogP contribution >= 0.6 is 0 Å². The number of halogens is 2. The van der Waals surface area contributed by atoms with E-state index in [1.807, 2.05) is 0 Å². The monoisotopic (exact) mass is 637 g/mol.